The predicted octanol–water partition coefficient (Wildman–Crippen LogP) is 1.24. The molecule has 5 rings (SSSR count). The van der Waals surface area contributed by atoms with Crippen LogP contribution in [0, 0.1) is 30.6 Å². The number of fused-ring (bicyclic) bond motifs is 2. The van der Waals surface area contributed by atoms with Gasteiger partial charge in [0.25, 0.3) is 5.56 Å². The number of aromatic nitrogens is 2. The monoisotopic (exact) mass is 289 g/mol. The van der Waals surface area contributed by atoms with E-state index in [1.807, 2.05) is 6.92 Å². The molecule has 5 nitrogen and oxygen atoms in total. The van der Waals surface area contributed by atoms with Gasteiger partial charge in [-0.2, -0.15) is 0 Å². The maximum atomic E-state index is 12.0. The van der Waals surface area contributed by atoms with Crippen LogP contribution in [0.15, 0.2) is 9.59 Å². The summed E-state index contributed by atoms with van der Waals surface area (Å²) in [5.74, 6) is 3.53. The van der Waals surface area contributed by atoms with Gasteiger partial charge >= 0.3 is 5.69 Å². The van der Waals surface area contributed by atoms with Gasteiger partial charge in [0.2, 0.25) is 0 Å². The van der Waals surface area contributed by atoms with Crippen molar-refractivity contribution < 1.29 is 0 Å². The summed E-state index contributed by atoms with van der Waals surface area (Å²) in [6.07, 6.45) is 5.66. The summed E-state index contributed by atoms with van der Waals surface area (Å²) >= 11 is 0. The van der Waals surface area contributed by atoms with Crippen molar-refractivity contribution in [2.24, 2.45) is 23.7 Å². The molecule has 0 amide bonds. The first-order valence-electron chi connectivity index (χ1n) is 8.16. The average molecular weight is 289 g/mol. The minimum atomic E-state index is -0.408. The standard InChI is InChI=1S/C16H23N3O2/c1-9-12(15(20)18-16(21)17-9)6-19-7-13-10-2-3-11(5-4-10)14(13)8-19/h10-11,13-14H,2-8H2,1H3,(H2,17,18,20,21)/t10?,11?,13-,14+. The molecule has 4 fully saturated rings. The zero-order valence-corrected chi connectivity index (χ0v) is 12.5. The smallest absolute Gasteiger partial charge is 0.311 e. The number of nitrogens with one attached hydrogen (secondary N) is 2. The fourth-order valence-corrected chi connectivity index (χ4v) is 5.11. The molecule has 2 bridgehead atoms. The summed E-state index contributed by atoms with van der Waals surface area (Å²) in [5.41, 5.74) is 0.797. The first kappa shape index (κ1) is 13.3. The number of hydrogen-bond acceptors (Lipinski definition) is 3. The maximum absolute atomic E-state index is 12.0. The van der Waals surface area contributed by atoms with Crippen LogP contribution in [-0.2, 0) is 6.54 Å². The second-order valence-corrected chi connectivity index (χ2v) is 7.21. The van der Waals surface area contributed by atoms with Crippen LogP contribution in [-0.4, -0.2) is 28.0 Å². The van der Waals surface area contributed by atoms with Gasteiger partial charge in [-0.05, 0) is 56.3 Å². The Morgan fingerprint density at radius 3 is 2.10 bits per heavy atom. The fraction of sp³-hybridized carbons (Fsp3) is 0.750. The number of aryl methyl sites for hydroxylation is 1. The van der Waals surface area contributed by atoms with Crippen molar-refractivity contribution in [1.82, 2.24) is 14.9 Å². The molecule has 1 aromatic rings. The average Bonchev–Trinajstić information content (AvgIpc) is 2.89. The molecular formula is C16H23N3O2. The number of hydrogen-bond donors (Lipinski definition) is 2. The zero-order chi connectivity index (χ0) is 14.6. The maximum Gasteiger partial charge on any atom is 0.325 e. The summed E-state index contributed by atoms with van der Waals surface area (Å²) in [7, 11) is 0. The molecule has 2 atom stereocenters. The highest BCUT2D eigenvalue weighted by Gasteiger charge is 2.47. The van der Waals surface area contributed by atoms with Gasteiger partial charge in [-0.15, -0.1) is 0 Å². The lowest BCUT2D eigenvalue weighted by atomic mass is 9.60. The van der Waals surface area contributed by atoms with Gasteiger partial charge in [-0.25, -0.2) is 4.79 Å². The van der Waals surface area contributed by atoms with Crippen LogP contribution in [0.1, 0.15) is 36.9 Å². The highest BCUT2D eigenvalue weighted by Crippen LogP contribution is 2.51. The Kier molecular flexibility index (Phi) is 3.06. The second-order valence-electron chi connectivity index (χ2n) is 7.21. The molecule has 3 saturated carbocycles. The van der Waals surface area contributed by atoms with E-state index in [9.17, 15) is 9.59 Å². The SMILES string of the molecule is Cc1[nH]c(=O)[nH]c(=O)c1CN1C[C@@H]2C3CCC(CC3)[C@@H]2C1. The molecular weight excluding hydrogens is 266 g/mol. The number of H-pyrrole nitrogens is 2. The Morgan fingerprint density at radius 2 is 1.57 bits per heavy atom. The van der Waals surface area contributed by atoms with E-state index in [1.54, 1.807) is 0 Å². The first-order valence-corrected chi connectivity index (χ1v) is 8.16. The van der Waals surface area contributed by atoms with E-state index < -0.39 is 5.69 Å². The zero-order valence-electron chi connectivity index (χ0n) is 12.5. The fourth-order valence-electron chi connectivity index (χ4n) is 5.11. The first-order chi connectivity index (χ1) is 10.1. The molecule has 1 aliphatic heterocycles. The molecule has 3 aliphatic carbocycles. The van der Waals surface area contributed by atoms with Gasteiger partial charge in [-0.3, -0.25) is 14.7 Å². The number of nitrogens with zero attached hydrogens (tertiary/aromatic N) is 1. The van der Waals surface area contributed by atoms with Gasteiger partial charge in [0, 0.05) is 25.3 Å². The van der Waals surface area contributed by atoms with E-state index in [-0.39, 0.29) is 5.56 Å². The van der Waals surface area contributed by atoms with E-state index >= 15 is 0 Å². The van der Waals surface area contributed by atoms with E-state index in [0.717, 1.165) is 42.3 Å². The summed E-state index contributed by atoms with van der Waals surface area (Å²) in [4.78, 5) is 30.8. The van der Waals surface area contributed by atoms with E-state index in [4.69, 9.17) is 0 Å². The topological polar surface area (TPSA) is 69.0 Å². The molecule has 2 N–H and O–H groups in total. The molecule has 0 aromatic carbocycles. The number of likely N-dealkylation sites (tertiary alicyclic amines) is 1. The minimum Gasteiger partial charge on any atom is -0.311 e. The normalized spacial score (nSPS) is 35.1. The van der Waals surface area contributed by atoms with Crippen molar-refractivity contribution in [1.29, 1.82) is 0 Å². The number of rotatable bonds is 2. The number of aromatic amines is 2. The van der Waals surface area contributed by atoms with Crippen LogP contribution in [0.4, 0.5) is 0 Å². The Bertz CT molecular complexity index is 634. The third kappa shape index (κ3) is 2.18. The lowest BCUT2D eigenvalue weighted by molar-refractivity contribution is 0.0577. The lowest BCUT2D eigenvalue weighted by Crippen LogP contribution is -2.38. The molecule has 2 heterocycles. The van der Waals surface area contributed by atoms with Gasteiger partial charge in [-0.1, -0.05) is 0 Å². The highest BCUT2D eigenvalue weighted by atomic mass is 16.2. The molecule has 0 unspecified atom stereocenters. The highest BCUT2D eigenvalue weighted by molar-refractivity contribution is 5.15. The van der Waals surface area contributed by atoms with Crippen LogP contribution in [0.5, 0.6) is 0 Å². The largest absolute Gasteiger partial charge is 0.325 e. The third-order valence-corrected chi connectivity index (χ3v) is 6.15. The van der Waals surface area contributed by atoms with E-state index in [1.165, 1.54) is 25.7 Å². The Hall–Kier alpha value is -1.36. The van der Waals surface area contributed by atoms with Crippen molar-refractivity contribution in [2.45, 2.75) is 39.2 Å². The van der Waals surface area contributed by atoms with Crippen molar-refractivity contribution in [3.05, 3.63) is 32.1 Å². The second kappa shape index (κ2) is 4.83. The van der Waals surface area contributed by atoms with Crippen LogP contribution in [0.2, 0.25) is 0 Å². The van der Waals surface area contributed by atoms with Crippen molar-refractivity contribution in [3.63, 3.8) is 0 Å². The molecule has 1 aromatic heterocycles. The van der Waals surface area contributed by atoms with Gasteiger partial charge < -0.3 is 4.98 Å². The van der Waals surface area contributed by atoms with Crippen molar-refractivity contribution in [2.75, 3.05) is 13.1 Å². The van der Waals surface area contributed by atoms with Crippen LogP contribution in [0.25, 0.3) is 0 Å². The third-order valence-electron chi connectivity index (χ3n) is 6.15. The summed E-state index contributed by atoms with van der Waals surface area (Å²) < 4.78 is 0. The lowest BCUT2D eigenvalue weighted by Gasteiger charge is -2.45. The molecule has 21 heavy (non-hydrogen) atoms. The van der Waals surface area contributed by atoms with E-state index in [2.05, 4.69) is 14.9 Å². The van der Waals surface area contributed by atoms with E-state index in [0.29, 0.717) is 12.2 Å². The molecule has 0 spiro atoms. The summed E-state index contributed by atoms with van der Waals surface area (Å²) in [5, 5.41) is 0. The molecule has 1 saturated heterocycles. The van der Waals surface area contributed by atoms with Crippen molar-refractivity contribution in [3.8, 4) is 0 Å². The Labute approximate surface area is 123 Å². The Morgan fingerprint density at radius 1 is 1.00 bits per heavy atom. The molecule has 4 aliphatic rings. The molecule has 114 valence electrons. The van der Waals surface area contributed by atoms with Gasteiger partial charge in [0.15, 0.2) is 0 Å². The predicted molar refractivity (Wildman–Crippen MR) is 80.1 cm³/mol. The van der Waals surface area contributed by atoms with Crippen LogP contribution in [0.3, 0.4) is 0 Å². The minimum absolute atomic E-state index is 0.228. The van der Waals surface area contributed by atoms with Crippen molar-refractivity contribution >= 4 is 0 Å². The summed E-state index contributed by atoms with van der Waals surface area (Å²) in [6.45, 7) is 4.75. The molecule has 5 heteroatoms. The van der Waals surface area contributed by atoms with Gasteiger partial charge in [0.1, 0.15) is 0 Å². The van der Waals surface area contributed by atoms with Crippen LogP contribution < -0.4 is 11.2 Å². The Balaban J connectivity index is 1.55. The summed E-state index contributed by atoms with van der Waals surface area (Å²) in [6, 6.07) is 0. The molecule has 0 radical (unpaired) electrons. The van der Waals surface area contributed by atoms with Gasteiger partial charge in [0.05, 0.1) is 5.56 Å². The van der Waals surface area contributed by atoms with Crippen LogP contribution >= 0.6 is 0 Å². The quantitative estimate of drug-likeness (QED) is 0.860.